The number of nitrogens with zero attached hydrogens (tertiary/aromatic N) is 2. The molecule has 0 atom stereocenters. The standard InChI is InChI=1S/C15H25N3/c1-5-9-18(4)12-15-8-6-7-14(17-15)11-16-10-13(2)3/h5-8,13,16H,1,9-12H2,2-4H3. The summed E-state index contributed by atoms with van der Waals surface area (Å²) in [5.41, 5.74) is 2.23. The summed E-state index contributed by atoms with van der Waals surface area (Å²) in [6.45, 7) is 11.8. The number of aromatic nitrogens is 1. The van der Waals surface area contributed by atoms with Crippen LogP contribution < -0.4 is 5.32 Å². The molecule has 0 aliphatic heterocycles. The van der Waals surface area contributed by atoms with Gasteiger partial charge in [-0.3, -0.25) is 9.88 Å². The van der Waals surface area contributed by atoms with Gasteiger partial charge in [0.1, 0.15) is 0 Å². The van der Waals surface area contributed by atoms with Gasteiger partial charge in [-0.2, -0.15) is 0 Å². The summed E-state index contributed by atoms with van der Waals surface area (Å²) in [6, 6.07) is 6.23. The fourth-order valence-corrected chi connectivity index (χ4v) is 1.77. The normalized spacial score (nSPS) is 11.2. The van der Waals surface area contributed by atoms with Crippen LogP contribution in [0.5, 0.6) is 0 Å². The smallest absolute Gasteiger partial charge is 0.0547 e. The first-order chi connectivity index (χ1) is 8.61. The fraction of sp³-hybridized carbons (Fsp3) is 0.533. The molecule has 0 bridgehead atoms. The van der Waals surface area contributed by atoms with Crippen LogP contribution in [0.15, 0.2) is 30.9 Å². The SMILES string of the molecule is C=CCN(C)Cc1cccc(CNCC(C)C)n1. The predicted octanol–water partition coefficient (Wildman–Crippen LogP) is 2.45. The molecule has 18 heavy (non-hydrogen) atoms. The van der Waals surface area contributed by atoms with Crippen LogP contribution in [0.3, 0.4) is 0 Å². The van der Waals surface area contributed by atoms with Crippen molar-refractivity contribution in [2.75, 3.05) is 20.1 Å². The molecule has 0 unspecified atom stereocenters. The second kappa shape index (κ2) is 8.01. The Morgan fingerprint density at radius 1 is 1.39 bits per heavy atom. The topological polar surface area (TPSA) is 28.2 Å². The van der Waals surface area contributed by atoms with E-state index < -0.39 is 0 Å². The molecule has 0 spiro atoms. The van der Waals surface area contributed by atoms with Gasteiger partial charge in [-0.15, -0.1) is 6.58 Å². The lowest BCUT2D eigenvalue weighted by Crippen LogP contribution is -2.21. The number of hydrogen-bond acceptors (Lipinski definition) is 3. The van der Waals surface area contributed by atoms with E-state index in [1.165, 1.54) is 0 Å². The van der Waals surface area contributed by atoms with Crippen molar-refractivity contribution in [2.45, 2.75) is 26.9 Å². The fourth-order valence-electron chi connectivity index (χ4n) is 1.77. The third-order valence-electron chi connectivity index (χ3n) is 2.60. The second-order valence-electron chi connectivity index (χ2n) is 5.13. The van der Waals surface area contributed by atoms with E-state index >= 15 is 0 Å². The van der Waals surface area contributed by atoms with Crippen LogP contribution in [0.2, 0.25) is 0 Å². The molecule has 0 saturated carbocycles. The number of likely N-dealkylation sites (N-methyl/N-ethyl adjacent to an activating group) is 1. The first kappa shape index (κ1) is 14.9. The molecule has 0 aromatic carbocycles. The molecule has 1 N–H and O–H groups in total. The third kappa shape index (κ3) is 5.94. The van der Waals surface area contributed by atoms with E-state index in [1.54, 1.807) is 0 Å². The molecule has 1 rings (SSSR count). The molecule has 0 aliphatic rings. The zero-order chi connectivity index (χ0) is 13.4. The maximum atomic E-state index is 4.65. The zero-order valence-electron chi connectivity index (χ0n) is 11.8. The first-order valence-electron chi connectivity index (χ1n) is 6.56. The summed E-state index contributed by atoms with van der Waals surface area (Å²) in [7, 11) is 2.08. The molecule has 0 aliphatic carbocycles. The molecule has 0 saturated heterocycles. The lowest BCUT2D eigenvalue weighted by atomic mass is 10.2. The van der Waals surface area contributed by atoms with Crippen molar-refractivity contribution < 1.29 is 0 Å². The van der Waals surface area contributed by atoms with E-state index in [0.29, 0.717) is 5.92 Å². The monoisotopic (exact) mass is 247 g/mol. The molecular weight excluding hydrogens is 222 g/mol. The van der Waals surface area contributed by atoms with Crippen molar-refractivity contribution in [1.82, 2.24) is 15.2 Å². The van der Waals surface area contributed by atoms with E-state index in [2.05, 4.69) is 60.9 Å². The van der Waals surface area contributed by atoms with Gasteiger partial charge in [-0.05, 0) is 31.6 Å². The molecule has 1 aromatic rings. The van der Waals surface area contributed by atoms with E-state index in [1.807, 2.05) is 6.08 Å². The lowest BCUT2D eigenvalue weighted by molar-refractivity contribution is 0.358. The largest absolute Gasteiger partial charge is 0.311 e. The number of rotatable bonds is 8. The summed E-state index contributed by atoms with van der Waals surface area (Å²) in [4.78, 5) is 6.85. The Labute approximate surface area is 111 Å². The van der Waals surface area contributed by atoms with E-state index in [4.69, 9.17) is 0 Å². The highest BCUT2D eigenvalue weighted by molar-refractivity contribution is 5.11. The Morgan fingerprint density at radius 2 is 2.11 bits per heavy atom. The summed E-state index contributed by atoms with van der Waals surface area (Å²) in [6.07, 6.45) is 1.91. The molecule has 0 fully saturated rings. The van der Waals surface area contributed by atoms with Crippen LogP contribution in [0.4, 0.5) is 0 Å². The molecule has 1 aromatic heterocycles. The van der Waals surface area contributed by atoms with E-state index in [9.17, 15) is 0 Å². The van der Waals surface area contributed by atoms with Gasteiger partial charge in [0.05, 0.1) is 11.4 Å². The van der Waals surface area contributed by atoms with Gasteiger partial charge in [0.25, 0.3) is 0 Å². The Bertz CT molecular complexity index is 361. The summed E-state index contributed by atoms with van der Waals surface area (Å²) < 4.78 is 0. The van der Waals surface area contributed by atoms with Crippen molar-refractivity contribution in [2.24, 2.45) is 5.92 Å². The summed E-state index contributed by atoms with van der Waals surface area (Å²) >= 11 is 0. The number of hydrogen-bond donors (Lipinski definition) is 1. The van der Waals surface area contributed by atoms with Crippen molar-refractivity contribution in [3.63, 3.8) is 0 Å². The highest BCUT2D eigenvalue weighted by Gasteiger charge is 2.01. The zero-order valence-corrected chi connectivity index (χ0v) is 11.8. The van der Waals surface area contributed by atoms with E-state index in [-0.39, 0.29) is 0 Å². The minimum Gasteiger partial charge on any atom is -0.311 e. The lowest BCUT2D eigenvalue weighted by Gasteiger charge is -2.14. The van der Waals surface area contributed by atoms with Gasteiger partial charge < -0.3 is 5.32 Å². The van der Waals surface area contributed by atoms with Crippen LogP contribution in [0, 0.1) is 5.92 Å². The molecule has 1 heterocycles. The minimum absolute atomic E-state index is 0.673. The Kier molecular flexibility index (Phi) is 6.61. The maximum absolute atomic E-state index is 4.65. The Hall–Kier alpha value is -1.19. The van der Waals surface area contributed by atoms with Crippen molar-refractivity contribution >= 4 is 0 Å². The molecule has 100 valence electrons. The van der Waals surface area contributed by atoms with Gasteiger partial charge in [0.15, 0.2) is 0 Å². The molecule has 0 amide bonds. The molecule has 0 radical (unpaired) electrons. The molecular formula is C15H25N3. The average Bonchev–Trinajstić information content (AvgIpc) is 2.29. The molecule has 3 nitrogen and oxygen atoms in total. The summed E-state index contributed by atoms with van der Waals surface area (Å²) in [5.74, 6) is 0.673. The van der Waals surface area contributed by atoms with E-state index in [0.717, 1.165) is 37.6 Å². The van der Waals surface area contributed by atoms with Crippen LogP contribution in [0.25, 0.3) is 0 Å². The average molecular weight is 247 g/mol. The van der Waals surface area contributed by atoms with Crippen LogP contribution in [-0.2, 0) is 13.1 Å². The van der Waals surface area contributed by atoms with Crippen molar-refractivity contribution in [3.8, 4) is 0 Å². The highest BCUT2D eigenvalue weighted by Crippen LogP contribution is 2.03. The highest BCUT2D eigenvalue weighted by atomic mass is 15.1. The van der Waals surface area contributed by atoms with Gasteiger partial charge in [-0.25, -0.2) is 0 Å². The number of pyridine rings is 1. The second-order valence-corrected chi connectivity index (χ2v) is 5.13. The van der Waals surface area contributed by atoms with Crippen LogP contribution in [0.1, 0.15) is 25.2 Å². The maximum Gasteiger partial charge on any atom is 0.0547 e. The van der Waals surface area contributed by atoms with Gasteiger partial charge in [0, 0.05) is 19.6 Å². The van der Waals surface area contributed by atoms with Crippen molar-refractivity contribution in [3.05, 3.63) is 42.2 Å². The van der Waals surface area contributed by atoms with Gasteiger partial charge >= 0.3 is 0 Å². The Morgan fingerprint density at radius 3 is 2.78 bits per heavy atom. The third-order valence-corrected chi connectivity index (χ3v) is 2.60. The van der Waals surface area contributed by atoms with Gasteiger partial charge in [0.2, 0.25) is 0 Å². The predicted molar refractivity (Wildman–Crippen MR) is 77.3 cm³/mol. The minimum atomic E-state index is 0.673. The van der Waals surface area contributed by atoms with Gasteiger partial charge in [-0.1, -0.05) is 26.0 Å². The Balaban J connectivity index is 2.48. The van der Waals surface area contributed by atoms with Crippen LogP contribution >= 0.6 is 0 Å². The van der Waals surface area contributed by atoms with Crippen molar-refractivity contribution in [1.29, 1.82) is 0 Å². The summed E-state index contributed by atoms with van der Waals surface area (Å²) in [5, 5.41) is 3.41. The van der Waals surface area contributed by atoms with Crippen LogP contribution in [-0.4, -0.2) is 30.0 Å². The first-order valence-corrected chi connectivity index (χ1v) is 6.56. The molecule has 3 heteroatoms. The quantitative estimate of drug-likeness (QED) is 0.715. The number of nitrogens with one attached hydrogen (secondary N) is 1.